The molecule has 11 nitrogen and oxygen atoms in total. The summed E-state index contributed by atoms with van der Waals surface area (Å²) in [6.07, 6.45) is 5.23. The molecule has 46 heavy (non-hydrogen) atoms. The van der Waals surface area contributed by atoms with E-state index >= 15 is 0 Å². The molecular weight excluding hydrogens is 629 g/mol. The van der Waals surface area contributed by atoms with E-state index in [1.54, 1.807) is 0 Å². The van der Waals surface area contributed by atoms with Crippen LogP contribution in [0.3, 0.4) is 0 Å². The number of rotatable bonds is 13. The van der Waals surface area contributed by atoms with Crippen LogP contribution in [0, 0.1) is 12.3 Å². The molecule has 0 atom stereocenters. The van der Waals surface area contributed by atoms with E-state index in [1.807, 2.05) is 70.0 Å². The fraction of sp³-hybridized carbons (Fsp3) is 0.333. The highest BCUT2D eigenvalue weighted by atomic mass is 32.2. The van der Waals surface area contributed by atoms with Gasteiger partial charge in [0, 0.05) is 66.1 Å². The molecule has 1 heterocycles. The Morgan fingerprint density at radius 1 is 0.935 bits per heavy atom. The number of fused-ring (bicyclic) bond motifs is 2. The van der Waals surface area contributed by atoms with Gasteiger partial charge < -0.3 is 19.2 Å². The maximum atomic E-state index is 13.1. The SMILES string of the molecule is C#CC(=O)NCCCNS(=O)(=O)c1ccc(-c2c3ccc(=[N+](CC)CC)cc-3oc3cc(N(CC)CC)ccc23)c(S(=O)(=O)[O-])c1. The number of anilines is 1. The summed E-state index contributed by atoms with van der Waals surface area (Å²) in [6, 6.07) is 14.7. The normalized spacial score (nSPS) is 11.8. The minimum absolute atomic E-state index is 0.0583. The first-order chi connectivity index (χ1) is 21.9. The number of nitrogens with one attached hydrogen (secondary N) is 2. The van der Waals surface area contributed by atoms with Gasteiger partial charge in [0.2, 0.25) is 15.4 Å². The Morgan fingerprint density at radius 2 is 1.63 bits per heavy atom. The van der Waals surface area contributed by atoms with Crippen molar-refractivity contribution in [3.05, 3.63) is 60.0 Å². The molecule has 2 N–H and O–H groups in total. The van der Waals surface area contributed by atoms with Gasteiger partial charge in [-0.2, -0.15) is 0 Å². The van der Waals surface area contributed by atoms with Gasteiger partial charge >= 0.3 is 0 Å². The molecule has 0 saturated heterocycles. The summed E-state index contributed by atoms with van der Waals surface area (Å²) in [5, 5.41) is 3.90. The number of amides is 1. The van der Waals surface area contributed by atoms with Crippen molar-refractivity contribution in [1.29, 1.82) is 0 Å². The Kier molecular flexibility index (Phi) is 10.9. The monoisotopic (exact) mass is 666 g/mol. The standard InChI is InChI=1S/C33H38N4O7S2/c1-6-32(38)34-18-11-19-35-45(39,40)25-14-17-28(31(22-25)46(41,42)43)33-26-15-12-23(36(7-2)8-3)20-29(26)44-30-21-24(13-16-27(30)33)37(9-4)10-5/h1,12-17,20-22,35H,7-11,18-19H2,2-5H3,(H-,34,38,41,42,43). The number of hydrogen-bond donors (Lipinski definition) is 2. The van der Waals surface area contributed by atoms with Gasteiger partial charge in [-0.1, -0.05) is 6.07 Å². The highest BCUT2D eigenvalue weighted by Gasteiger charge is 2.25. The van der Waals surface area contributed by atoms with Crippen LogP contribution in [0.15, 0.2) is 68.8 Å². The molecule has 0 aromatic heterocycles. The molecule has 1 aliphatic carbocycles. The van der Waals surface area contributed by atoms with Crippen LogP contribution in [-0.4, -0.2) is 66.6 Å². The molecule has 0 unspecified atom stereocenters. The van der Waals surface area contributed by atoms with Crippen molar-refractivity contribution in [2.45, 2.75) is 43.9 Å². The van der Waals surface area contributed by atoms with Crippen LogP contribution in [0.25, 0.3) is 33.4 Å². The van der Waals surface area contributed by atoms with Gasteiger partial charge in [-0.25, -0.2) is 26.1 Å². The lowest BCUT2D eigenvalue weighted by Gasteiger charge is -2.23. The Hall–Kier alpha value is -4.22. The van der Waals surface area contributed by atoms with Gasteiger partial charge in [-0.15, -0.1) is 6.42 Å². The van der Waals surface area contributed by atoms with Crippen LogP contribution < -0.4 is 24.9 Å². The second-order valence-electron chi connectivity index (χ2n) is 10.4. The Morgan fingerprint density at radius 3 is 2.26 bits per heavy atom. The maximum Gasteiger partial charge on any atom is 0.295 e. The maximum absolute atomic E-state index is 13.1. The van der Waals surface area contributed by atoms with Crippen LogP contribution in [0.2, 0.25) is 0 Å². The minimum Gasteiger partial charge on any atom is -0.744 e. The Labute approximate surface area is 270 Å². The number of carbonyl (C=O) groups excluding carboxylic acids is 1. The lowest BCUT2D eigenvalue weighted by molar-refractivity contribution is -0.115. The quantitative estimate of drug-likeness (QED) is 0.0726. The van der Waals surface area contributed by atoms with E-state index in [2.05, 4.69) is 19.5 Å². The molecule has 2 aromatic carbocycles. The van der Waals surface area contributed by atoms with Gasteiger partial charge in [-0.3, -0.25) is 4.79 Å². The molecular formula is C33H38N4O7S2. The van der Waals surface area contributed by atoms with E-state index in [0.717, 1.165) is 43.3 Å². The van der Waals surface area contributed by atoms with Crippen molar-refractivity contribution in [2.75, 3.05) is 44.2 Å². The predicted molar refractivity (Wildman–Crippen MR) is 178 cm³/mol. The van der Waals surface area contributed by atoms with E-state index in [0.29, 0.717) is 27.9 Å². The Bertz CT molecular complexity index is 2050. The third kappa shape index (κ3) is 7.42. The molecule has 1 aliphatic heterocycles. The molecule has 0 radical (unpaired) electrons. The average molecular weight is 667 g/mol. The second-order valence-corrected chi connectivity index (χ2v) is 13.6. The summed E-state index contributed by atoms with van der Waals surface area (Å²) in [5.74, 6) is 1.76. The van der Waals surface area contributed by atoms with Crippen LogP contribution in [-0.2, 0) is 24.9 Å². The van der Waals surface area contributed by atoms with Crippen molar-refractivity contribution in [1.82, 2.24) is 14.6 Å². The van der Waals surface area contributed by atoms with E-state index in [4.69, 9.17) is 10.8 Å². The fourth-order valence-electron chi connectivity index (χ4n) is 5.44. The molecule has 244 valence electrons. The van der Waals surface area contributed by atoms with E-state index in [1.165, 1.54) is 12.1 Å². The topological polar surface area (TPSA) is 152 Å². The Balaban J connectivity index is 1.93. The largest absolute Gasteiger partial charge is 0.744 e. The van der Waals surface area contributed by atoms with Crippen molar-refractivity contribution in [3.8, 4) is 34.8 Å². The molecule has 4 rings (SSSR count). The van der Waals surface area contributed by atoms with Crippen molar-refractivity contribution in [2.24, 2.45) is 0 Å². The summed E-state index contributed by atoms with van der Waals surface area (Å²) in [6.45, 7) is 11.3. The van der Waals surface area contributed by atoms with Gasteiger partial charge in [-0.05, 0) is 70.4 Å². The van der Waals surface area contributed by atoms with Crippen molar-refractivity contribution >= 4 is 42.7 Å². The molecule has 13 heteroatoms. The molecule has 0 bridgehead atoms. The van der Waals surface area contributed by atoms with Crippen LogP contribution in [0.4, 0.5) is 5.69 Å². The number of carbonyl (C=O) groups is 1. The molecule has 2 aromatic rings. The number of terminal acetylenes is 1. The molecule has 0 saturated carbocycles. The highest BCUT2D eigenvalue weighted by Crippen LogP contribution is 2.43. The summed E-state index contributed by atoms with van der Waals surface area (Å²) < 4.78 is 75.4. The van der Waals surface area contributed by atoms with Crippen LogP contribution >= 0.6 is 0 Å². The lowest BCUT2D eigenvalue weighted by atomic mass is 9.93. The van der Waals surface area contributed by atoms with Gasteiger partial charge in [0.25, 0.3) is 5.91 Å². The minimum atomic E-state index is -5.16. The van der Waals surface area contributed by atoms with Gasteiger partial charge in [0.05, 0.1) is 15.9 Å². The van der Waals surface area contributed by atoms with Crippen molar-refractivity contribution < 1.29 is 30.6 Å². The predicted octanol–water partition coefficient (Wildman–Crippen LogP) is 3.18. The first-order valence-electron chi connectivity index (χ1n) is 15.1. The first-order valence-corrected chi connectivity index (χ1v) is 17.9. The van der Waals surface area contributed by atoms with Crippen molar-refractivity contribution in [3.63, 3.8) is 0 Å². The summed E-state index contributed by atoms with van der Waals surface area (Å²) in [7, 11) is -9.37. The average Bonchev–Trinajstić information content (AvgIpc) is 3.03. The fourth-order valence-corrected chi connectivity index (χ4v) is 7.33. The summed E-state index contributed by atoms with van der Waals surface area (Å²) >= 11 is 0. The molecule has 1 amide bonds. The van der Waals surface area contributed by atoms with E-state index in [9.17, 15) is 26.2 Å². The number of benzene rings is 3. The third-order valence-corrected chi connectivity index (χ3v) is 10.1. The van der Waals surface area contributed by atoms with Gasteiger partial charge in [0.1, 0.15) is 34.6 Å². The summed E-state index contributed by atoms with van der Waals surface area (Å²) in [4.78, 5) is 12.3. The number of sulfonamides is 1. The van der Waals surface area contributed by atoms with E-state index < -0.39 is 30.9 Å². The van der Waals surface area contributed by atoms with E-state index in [-0.39, 0.29) is 30.0 Å². The smallest absolute Gasteiger partial charge is 0.295 e. The zero-order valence-corrected chi connectivity index (χ0v) is 27.9. The van der Waals surface area contributed by atoms with Gasteiger partial charge in [0.15, 0.2) is 0 Å². The first kappa shape index (κ1) is 34.6. The highest BCUT2D eigenvalue weighted by molar-refractivity contribution is 7.89. The summed E-state index contributed by atoms with van der Waals surface area (Å²) in [5.41, 5.74) is 2.45. The lowest BCUT2D eigenvalue weighted by Crippen LogP contribution is -2.29. The molecule has 0 fully saturated rings. The number of nitrogens with zero attached hydrogens (tertiary/aromatic N) is 2. The second kappa shape index (κ2) is 14.5. The van der Waals surface area contributed by atoms with Crippen LogP contribution in [0.1, 0.15) is 34.1 Å². The zero-order valence-electron chi connectivity index (χ0n) is 26.3. The van der Waals surface area contributed by atoms with Crippen LogP contribution in [0.5, 0.6) is 0 Å². The zero-order chi connectivity index (χ0) is 33.6. The third-order valence-electron chi connectivity index (χ3n) is 7.81. The number of hydrogen-bond acceptors (Lipinski definition) is 8. The molecule has 0 spiro atoms. The molecule has 2 aliphatic rings.